The number of piperidine rings is 1. The largest absolute Gasteiger partial charge is 0.378 e. The van der Waals surface area contributed by atoms with Crippen molar-refractivity contribution < 1.29 is 14.3 Å². The number of hydrogen-bond donors (Lipinski definition) is 1. The Bertz CT molecular complexity index is 470. The molecule has 1 N–H and O–H groups in total. The average Bonchev–Trinajstić information content (AvgIpc) is 2.63. The smallest absolute Gasteiger partial charge is 0.236 e. The topological polar surface area (TPSA) is 65.1 Å². The van der Waals surface area contributed by atoms with E-state index in [2.05, 4.69) is 17.1 Å². The molecular weight excluding hydrogens is 391 g/mol. The Hall–Kier alpha value is -0.600. The molecule has 3 aliphatic heterocycles. The van der Waals surface area contributed by atoms with Crippen molar-refractivity contribution in [3.05, 3.63) is 0 Å². The van der Waals surface area contributed by atoms with Gasteiger partial charge in [-0.25, -0.2) is 0 Å². The number of amides is 2. The third-order valence-electron chi connectivity index (χ3n) is 5.63. The van der Waals surface area contributed by atoms with Gasteiger partial charge in [-0.2, -0.15) is 0 Å². The number of nitrogens with zero attached hydrogens (tertiary/aromatic N) is 3. The first kappa shape index (κ1) is 24.4. The first-order chi connectivity index (χ1) is 12.1. The Morgan fingerprint density at radius 1 is 1.04 bits per heavy atom. The number of likely N-dealkylation sites (tertiary alicyclic amines) is 1. The molecule has 3 rings (SSSR count). The summed E-state index contributed by atoms with van der Waals surface area (Å²) in [6.45, 7) is 8.72. The van der Waals surface area contributed by atoms with Crippen LogP contribution < -0.4 is 5.32 Å². The predicted octanol–water partition coefficient (Wildman–Crippen LogP) is 0.754. The van der Waals surface area contributed by atoms with Crippen LogP contribution in [0.1, 0.15) is 32.6 Å². The molecule has 3 heterocycles. The molecule has 2 unspecified atom stereocenters. The van der Waals surface area contributed by atoms with E-state index in [-0.39, 0.29) is 42.7 Å². The summed E-state index contributed by atoms with van der Waals surface area (Å²) in [7, 11) is 0. The summed E-state index contributed by atoms with van der Waals surface area (Å²) in [5, 5.41) is 3.33. The molecule has 0 aliphatic carbocycles. The van der Waals surface area contributed by atoms with Gasteiger partial charge in [-0.1, -0.05) is 0 Å². The van der Waals surface area contributed by atoms with Crippen LogP contribution in [0.3, 0.4) is 0 Å². The molecule has 27 heavy (non-hydrogen) atoms. The molecule has 0 bridgehead atoms. The number of rotatable bonds is 4. The number of ether oxygens (including phenoxy) is 1. The van der Waals surface area contributed by atoms with E-state index in [1.54, 1.807) is 0 Å². The Balaban J connectivity index is 0.00000182. The lowest BCUT2D eigenvalue weighted by Crippen LogP contribution is -2.54. The third-order valence-corrected chi connectivity index (χ3v) is 5.63. The molecule has 9 heteroatoms. The molecule has 7 nitrogen and oxygen atoms in total. The van der Waals surface area contributed by atoms with E-state index in [1.807, 2.05) is 9.80 Å². The molecule has 2 atom stereocenters. The van der Waals surface area contributed by atoms with Crippen molar-refractivity contribution in [1.29, 1.82) is 0 Å². The van der Waals surface area contributed by atoms with Gasteiger partial charge in [0.25, 0.3) is 0 Å². The minimum Gasteiger partial charge on any atom is -0.378 e. The minimum absolute atomic E-state index is 0. The number of carbonyl (C=O) groups excluding carboxylic acids is 2. The van der Waals surface area contributed by atoms with Crippen LogP contribution in [-0.2, 0) is 14.3 Å². The lowest BCUT2D eigenvalue weighted by atomic mass is 10.0. The van der Waals surface area contributed by atoms with Gasteiger partial charge < -0.3 is 19.9 Å². The zero-order valence-electron chi connectivity index (χ0n) is 16.2. The van der Waals surface area contributed by atoms with Gasteiger partial charge in [0, 0.05) is 57.8 Å². The van der Waals surface area contributed by atoms with Crippen LogP contribution in [0, 0.1) is 0 Å². The van der Waals surface area contributed by atoms with Crippen LogP contribution in [0.5, 0.6) is 0 Å². The van der Waals surface area contributed by atoms with E-state index >= 15 is 0 Å². The first-order valence-corrected chi connectivity index (χ1v) is 9.74. The van der Waals surface area contributed by atoms with Gasteiger partial charge in [-0.05, 0) is 26.2 Å². The molecular formula is C18H34Cl2N4O3. The number of morpholine rings is 1. The molecule has 158 valence electrons. The summed E-state index contributed by atoms with van der Waals surface area (Å²) in [5.41, 5.74) is 0. The predicted molar refractivity (Wildman–Crippen MR) is 110 cm³/mol. The fraction of sp³-hybridized carbons (Fsp3) is 0.889. The van der Waals surface area contributed by atoms with Crippen molar-refractivity contribution in [3.8, 4) is 0 Å². The van der Waals surface area contributed by atoms with Gasteiger partial charge in [0.2, 0.25) is 11.8 Å². The van der Waals surface area contributed by atoms with Gasteiger partial charge >= 0.3 is 0 Å². The summed E-state index contributed by atoms with van der Waals surface area (Å²) in [6.07, 6.45) is 3.97. The van der Waals surface area contributed by atoms with Crippen molar-refractivity contribution in [1.82, 2.24) is 20.0 Å². The van der Waals surface area contributed by atoms with E-state index in [0.29, 0.717) is 25.6 Å². The Morgan fingerprint density at radius 2 is 1.78 bits per heavy atom. The Morgan fingerprint density at radius 3 is 2.41 bits per heavy atom. The molecule has 2 amide bonds. The van der Waals surface area contributed by atoms with Crippen LogP contribution in [0.15, 0.2) is 0 Å². The second kappa shape index (κ2) is 12.1. The first-order valence-electron chi connectivity index (χ1n) is 9.74. The Labute approximate surface area is 174 Å². The highest BCUT2D eigenvalue weighted by atomic mass is 35.5. The highest BCUT2D eigenvalue weighted by Gasteiger charge is 2.28. The van der Waals surface area contributed by atoms with Gasteiger partial charge in [0.1, 0.15) is 0 Å². The van der Waals surface area contributed by atoms with E-state index in [1.165, 1.54) is 6.42 Å². The number of piperazine rings is 1. The zero-order chi connectivity index (χ0) is 17.6. The standard InChI is InChI=1S/C18H32N4O3.2ClH/c1-15-4-2-3-6-22(15)18(24)13-20-7-9-21(10-8-20)17(23)12-16-14-25-11-5-19-16;;/h15-16,19H,2-14H2,1H3;2*1H. The van der Waals surface area contributed by atoms with Crippen molar-refractivity contribution in [3.63, 3.8) is 0 Å². The maximum atomic E-state index is 12.5. The molecule has 0 radical (unpaired) electrons. The summed E-state index contributed by atoms with van der Waals surface area (Å²) in [6, 6.07) is 0.510. The van der Waals surface area contributed by atoms with Gasteiger partial charge in [0.05, 0.1) is 19.8 Å². The monoisotopic (exact) mass is 424 g/mol. The van der Waals surface area contributed by atoms with Gasteiger partial charge in [-0.15, -0.1) is 24.8 Å². The van der Waals surface area contributed by atoms with Crippen molar-refractivity contribution in [2.45, 2.75) is 44.7 Å². The average molecular weight is 425 g/mol. The van der Waals surface area contributed by atoms with Crippen LogP contribution in [0.25, 0.3) is 0 Å². The summed E-state index contributed by atoms with van der Waals surface area (Å²) < 4.78 is 5.41. The SMILES string of the molecule is CC1CCCCN1C(=O)CN1CCN(C(=O)CC2COCCN2)CC1.Cl.Cl. The maximum Gasteiger partial charge on any atom is 0.236 e. The zero-order valence-corrected chi connectivity index (χ0v) is 17.9. The normalized spacial score (nSPS) is 26.7. The number of hydrogen-bond acceptors (Lipinski definition) is 5. The molecule has 0 saturated carbocycles. The van der Waals surface area contributed by atoms with E-state index in [0.717, 1.165) is 58.7 Å². The van der Waals surface area contributed by atoms with Crippen LogP contribution in [0.2, 0.25) is 0 Å². The molecule has 3 fully saturated rings. The third kappa shape index (κ3) is 7.06. The molecule has 0 aromatic rings. The number of carbonyl (C=O) groups is 2. The summed E-state index contributed by atoms with van der Waals surface area (Å²) >= 11 is 0. The minimum atomic E-state index is 0. The van der Waals surface area contributed by atoms with Crippen LogP contribution >= 0.6 is 24.8 Å². The maximum absolute atomic E-state index is 12.5. The highest BCUT2D eigenvalue weighted by molar-refractivity contribution is 5.85. The second-order valence-electron chi connectivity index (χ2n) is 7.52. The number of nitrogens with one attached hydrogen (secondary N) is 1. The van der Waals surface area contributed by atoms with Crippen molar-refractivity contribution in [2.75, 3.05) is 59.0 Å². The van der Waals surface area contributed by atoms with E-state index in [9.17, 15) is 9.59 Å². The molecule has 0 spiro atoms. The van der Waals surface area contributed by atoms with Gasteiger partial charge in [-0.3, -0.25) is 14.5 Å². The van der Waals surface area contributed by atoms with Crippen molar-refractivity contribution in [2.24, 2.45) is 0 Å². The van der Waals surface area contributed by atoms with Crippen molar-refractivity contribution >= 4 is 36.6 Å². The second-order valence-corrected chi connectivity index (χ2v) is 7.52. The Kier molecular flexibility index (Phi) is 10.9. The number of halogens is 2. The van der Waals surface area contributed by atoms with Crippen LogP contribution in [0.4, 0.5) is 0 Å². The highest BCUT2D eigenvalue weighted by Crippen LogP contribution is 2.17. The van der Waals surface area contributed by atoms with Crippen LogP contribution in [-0.4, -0.2) is 97.6 Å². The van der Waals surface area contributed by atoms with E-state index in [4.69, 9.17) is 4.74 Å². The van der Waals surface area contributed by atoms with E-state index < -0.39 is 0 Å². The lowest BCUT2D eigenvalue weighted by Gasteiger charge is -2.38. The quantitative estimate of drug-likeness (QED) is 0.721. The van der Waals surface area contributed by atoms with Gasteiger partial charge in [0.15, 0.2) is 0 Å². The summed E-state index contributed by atoms with van der Waals surface area (Å²) in [4.78, 5) is 31.1. The fourth-order valence-corrected chi connectivity index (χ4v) is 4.00. The lowest BCUT2D eigenvalue weighted by molar-refractivity contribution is -0.137. The molecule has 3 aliphatic rings. The fourth-order valence-electron chi connectivity index (χ4n) is 4.00. The molecule has 0 aromatic carbocycles. The molecule has 3 saturated heterocycles. The molecule has 0 aromatic heterocycles. The summed E-state index contributed by atoms with van der Waals surface area (Å²) in [5.74, 6) is 0.439.